The van der Waals surface area contributed by atoms with Gasteiger partial charge in [-0.25, -0.2) is 14.6 Å². The first kappa shape index (κ1) is 11.7. The van der Waals surface area contributed by atoms with Crippen LogP contribution in [0.1, 0.15) is 30.9 Å². The van der Waals surface area contributed by atoms with E-state index in [1.165, 1.54) is 12.8 Å². The van der Waals surface area contributed by atoms with Gasteiger partial charge in [0.2, 0.25) is 5.88 Å². The van der Waals surface area contributed by atoms with Crippen molar-refractivity contribution in [2.24, 2.45) is 0 Å². The second-order valence-corrected chi connectivity index (χ2v) is 5.34. The van der Waals surface area contributed by atoms with Gasteiger partial charge >= 0.3 is 0 Å². The molecule has 1 saturated carbocycles. The van der Waals surface area contributed by atoms with Crippen LogP contribution in [0, 0.1) is 0 Å². The van der Waals surface area contributed by atoms with Gasteiger partial charge in [0.1, 0.15) is 17.8 Å². The fourth-order valence-corrected chi connectivity index (χ4v) is 2.74. The molecule has 4 rings (SSSR count). The van der Waals surface area contributed by atoms with Gasteiger partial charge in [-0.05, 0) is 19.3 Å². The fraction of sp³-hybridized carbons (Fsp3) is 0.500. The number of hydrogen-bond donors (Lipinski definition) is 1. The highest BCUT2D eigenvalue weighted by atomic mass is 16.5. The molecule has 2 aromatic heterocycles. The Morgan fingerprint density at radius 3 is 3.00 bits per heavy atom. The molecule has 1 aliphatic carbocycles. The first-order chi connectivity index (χ1) is 9.86. The van der Waals surface area contributed by atoms with Crippen molar-refractivity contribution in [2.75, 3.05) is 19.0 Å². The molecule has 1 fully saturated rings. The molecule has 0 radical (unpaired) electrons. The SMILES string of the molecule is COc1ncnc(C2CC2)c1-c1cc2n(n1)CCCN2. The summed E-state index contributed by atoms with van der Waals surface area (Å²) in [6, 6.07) is 2.08. The average Bonchev–Trinajstić information content (AvgIpc) is 3.25. The van der Waals surface area contributed by atoms with Gasteiger partial charge in [0.05, 0.1) is 18.4 Å². The highest BCUT2D eigenvalue weighted by molar-refractivity contribution is 5.71. The van der Waals surface area contributed by atoms with E-state index in [1.807, 2.05) is 4.68 Å². The molecule has 1 N–H and O–H groups in total. The molecular weight excluding hydrogens is 254 g/mol. The number of nitrogens with one attached hydrogen (secondary N) is 1. The quantitative estimate of drug-likeness (QED) is 0.925. The third-order valence-corrected chi connectivity index (χ3v) is 3.89. The zero-order valence-electron chi connectivity index (χ0n) is 11.5. The summed E-state index contributed by atoms with van der Waals surface area (Å²) in [6.45, 7) is 1.96. The molecule has 6 heteroatoms. The monoisotopic (exact) mass is 271 g/mol. The van der Waals surface area contributed by atoms with Crippen LogP contribution < -0.4 is 10.1 Å². The Balaban J connectivity index is 1.86. The maximum absolute atomic E-state index is 5.43. The van der Waals surface area contributed by atoms with Crippen LogP contribution >= 0.6 is 0 Å². The number of ether oxygens (including phenoxy) is 1. The lowest BCUT2D eigenvalue weighted by Gasteiger charge is -2.14. The van der Waals surface area contributed by atoms with Crippen LogP contribution in [0.15, 0.2) is 12.4 Å². The minimum Gasteiger partial charge on any atom is -0.480 e. The summed E-state index contributed by atoms with van der Waals surface area (Å²) in [5.74, 6) is 2.23. The lowest BCUT2D eigenvalue weighted by molar-refractivity contribution is 0.397. The smallest absolute Gasteiger partial charge is 0.226 e. The van der Waals surface area contributed by atoms with E-state index in [4.69, 9.17) is 9.84 Å². The van der Waals surface area contributed by atoms with Crippen LogP contribution in [0.5, 0.6) is 5.88 Å². The van der Waals surface area contributed by atoms with Crippen LogP contribution in [-0.2, 0) is 6.54 Å². The second-order valence-electron chi connectivity index (χ2n) is 5.34. The number of fused-ring (bicyclic) bond motifs is 1. The number of aromatic nitrogens is 4. The summed E-state index contributed by atoms with van der Waals surface area (Å²) >= 11 is 0. The number of nitrogens with zero attached hydrogens (tertiary/aromatic N) is 4. The van der Waals surface area contributed by atoms with E-state index < -0.39 is 0 Å². The van der Waals surface area contributed by atoms with E-state index >= 15 is 0 Å². The Labute approximate surface area is 117 Å². The predicted octanol–water partition coefficient (Wildman–Crippen LogP) is 2.04. The molecule has 20 heavy (non-hydrogen) atoms. The average molecular weight is 271 g/mol. The number of hydrogen-bond acceptors (Lipinski definition) is 5. The summed E-state index contributed by atoms with van der Waals surface area (Å²) in [4.78, 5) is 8.72. The normalized spacial score (nSPS) is 17.4. The van der Waals surface area contributed by atoms with Gasteiger partial charge in [0, 0.05) is 25.1 Å². The van der Waals surface area contributed by atoms with Gasteiger partial charge in [-0.15, -0.1) is 0 Å². The van der Waals surface area contributed by atoms with Gasteiger partial charge in [-0.2, -0.15) is 5.10 Å². The van der Waals surface area contributed by atoms with Crippen molar-refractivity contribution < 1.29 is 4.74 Å². The molecule has 0 saturated heterocycles. The molecule has 0 spiro atoms. The van der Waals surface area contributed by atoms with E-state index in [2.05, 4.69) is 21.4 Å². The summed E-state index contributed by atoms with van der Waals surface area (Å²) in [5, 5.41) is 8.07. The topological polar surface area (TPSA) is 64.9 Å². The maximum atomic E-state index is 5.43. The molecule has 2 aromatic rings. The Kier molecular flexibility index (Phi) is 2.61. The Bertz CT molecular complexity index is 624. The molecule has 1 aliphatic heterocycles. The number of methoxy groups -OCH3 is 1. The fourth-order valence-electron chi connectivity index (χ4n) is 2.74. The Morgan fingerprint density at radius 2 is 2.25 bits per heavy atom. The molecule has 0 atom stereocenters. The Morgan fingerprint density at radius 1 is 1.35 bits per heavy atom. The number of aryl methyl sites for hydroxylation is 1. The van der Waals surface area contributed by atoms with Crippen molar-refractivity contribution in [1.29, 1.82) is 0 Å². The van der Waals surface area contributed by atoms with Crippen molar-refractivity contribution in [3.8, 4) is 17.1 Å². The third-order valence-electron chi connectivity index (χ3n) is 3.89. The molecule has 6 nitrogen and oxygen atoms in total. The van der Waals surface area contributed by atoms with Gasteiger partial charge in [-0.1, -0.05) is 0 Å². The first-order valence-electron chi connectivity index (χ1n) is 7.08. The van der Waals surface area contributed by atoms with Crippen molar-refractivity contribution in [3.63, 3.8) is 0 Å². The van der Waals surface area contributed by atoms with Crippen molar-refractivity contribution >= 4 is 5.82 Å². The zero-order chi connectivity index (χ0) is 13.5. The van der Waals surface area contributed by atoms with Crippen LogP contribution in [0.3, 0.4) is 0 Å². The van der Waals surface area contributed by atoms with Crippen LogP contribution in [0.4, 0.5) is 5.82 Å². The summed E-state index contributed by atoms with van der Waals surface area (Å²) in [6.07, 6.45) is 5.08. The molecule has 3 heterocycles. The molecule has 0 unspecified atom stereocenters. The first-order valence-corrected chi connectivity index (χ1v) is 7.08. The summed E-state index contributed by atoms with van der Waals surface area (Å²) in [7, 11) is 1.65. The van der Waals surface area contributed by atoms with Gasteiger partial charge in [0.15, 0.2) is 0 Å². The van der Waals surface area contributed by atoms with Gasteiger partial charge in [-0.3, -0.25) is 0 Å². The molecule has 2 aliphatic rings. The van der Waals surface area contributed by atoms with Crippen LogP contribution in [-0.4, -0.2) is 33.4 Å². The molecule has 0 bridgehead atoms. The highest BCUT2D eigenvalue weighted by Gasteiger charge is 2.31. The zero-order valence-corrected chi connectivity index (χ0v) is 11.5. The molecule has 0 amide bonds. The molecular formula is C14H17N5O. The van der Waals surface area contributed by atoms with Gasteiger partial charge < -0.3 is 10.1 Å². The van der Waals surface area contributed by atoms with Gasteiger partial charge in [0.25, 0.3) is 0 Å². The minimum atomic E-state index is 0.536. The van der Waals surface area contributed by atoms with E-state index in [0.29, 0.717) is 11.8 Å². The molecule has 104 valence electrons. The predicted molar refractivity (Wildman–Crippen MR) is 74.9 cm³/mol. The van der Waals surface area contributed by atoms with Crippen molar-refractivity contribution in [3.05, 3.63) is 18.1 Å². The summed E-state index contributed by atoms with van der Waals surface area (Å²) < 4.78 is 7.45. The maximum Gasteiger partial charge on any atom is 0.226 e. The lowest BCUT2D eigenvalue weighted by Crippen LogP contribution is -2.17. The van der Waals surface area contributed by atoms with E-state index in [9.17, 15) is 0 Å². The second kappa shape index (κ2) is 4.47. The van der Waals surface area contributed by atoms with E-state index in [1.54, 1.807) is 13.4 Å². The third kappa shape index (κ3) is 1.83. The van der Waals surface area contributed by atoms with Crippen molar-refractivity contribution in [2.45, 2.75) is 31.7 Å². The van der Waals surface area contributed by atoms with E-state index in [0.717, 1.165) is 42.3 Å². The summed E-state index contributed by atoms with van der Waals surface area (Å²) in [5.41, 5.74) is 2.95. The van der Waals surface area contributed by atoms with Crippen molar-refractivity contribution in [1.82, 2.24) is 19.7 Å². The largest absolute Gasteiger partial charge is 0.480 e. The lowest BCUT2D eigenvalue weighted by atomic mass is 10.1. The molecule has 0 aromatic carbocycles. The standard InChI is InChI=1S/C14H17N5O/c1-20-14-12(13(9-3-4-9)16-8-17-14)10-7-11-15-5-2-6-19(11)18-10/h7-9,15H,2-6H2,1H3. The Hall–Kier alpha value is -2.11. The number of rotatable bonds is 3. The number of anilines is 1. The minimum absolute atomic E-state index is 0.536. The van der Waals surface area contributed by atoms with Crippen LogP contribution in [0.2, 0.25) is 0 Å². The van der Waals surface area contributed by atoms with Crippen LogP contribution in [0.25, 0.3) is 11.3 Å². The highest BCUT2D eigenvalue weighted by Crippen LogP contribution is 2.45. The van der Waals surface area contributed by atoms with E-state index in [-0.39, 0.29) is 0 Å².